The molecule has 3 amide bonds. The van der Waals surface area contributed by atoms with E-state index >= 15 is 0 Å². The van der Waals surface area contributed by atoms with Gasteiger partial charge in [-0.25, -0.2) is 4.98 Å². The number of thiazole rings is 1. The molecule has 24 heavy (non-hydrogen) atoms. The topological polar surface area (TPSA) is 114 Å². The van der Waals surface area contributed by atoms with Crippen LogP contribution in [0.3, 0.4) is 0 Å². The second-order valence-corrected chi connectivity index (χ2v) is 6.93. The third-order valence-corrected chi connectivity index (χ3v) is 4.75. The maximum absolute atomic E-state index is 12.0. The molecule has 0 radical (unpaired) electrons. The van der Waals surface area contributed by atoms with Gasteiger partial charge in [-0.3, -0.25) is 14.4 Å². The number of anilines is 2. The quantitative estimate of drug-likeness (QED) is 0.649. The highest BCUT2D eigenvalue weighted by Gasteiger charge is 2.09. The van der Waals surface area contributed by atoms with Gasteiger partial charge in [0.1, 0.15) is 0 Å². The summed E-state index contributed by atoms with van der Waals surface area (Å²) in [6, 6.07) is 6.90. The Bertz CT molecular complexity index is 761. The molecule has 0 saturated heterocycles. The van der Waals surface area contributed by atoms with Crippen LogP contribution in [-0.4, -0.2) is 28.5 Å². The van der Waals surface area contributed by atoms with Crippen molar-refractivity contribution in [3.8, 4) is 0 Å². The third-order valence-electron chi connectivity index (χ3n) is 2.68. The molecule has 2 aromatic rings. The van der Waals surface area contributed by atoms with Gasteiger partial charge in [-0.15, -0.1) is 11.3 Å². The predicted molar refractivity (Wildman–Crippen MR) is 95.1 cm³/mol. The van der Waals surface area contributed by atoms with Crippen LogP contribution >= 0.6 is 23.1 Å². The van der Waals surface area contributed by atoms with Crippen molar-refractivity contribution in [3.63, 3.8) is 0 Å². The number of nitrogens with one attached hydrogen (secondary N) is 2. The number of rotatable bonds is 7. The van der Waals surface area contributed by atoms with Gasteiger partial charge < -0.3 is 16.4 Å². The van der Waals surface area contributed by atoms with Crippen molar-refractivity contribution < 1.29 is 14.4 Å². The standard InChI is InChI=1S/C15H16N4O3S2/c1-9(20)17-10-3-2-4-11(5-10)18-14(22)8-24-15-19-12(7-23-15)6-13(16)21/h2-5,7H,6,8H2,1H3,(H2,16,21)(H,17,20)(H,18,22). The lowest BCUT2D eigenvalue weighted by atomic mass is 10.2. The van der Waals surface area contributed by atoms with E-state index in [-0.39, 0.29) is 24.0 Å². The first-order chi connectivity index (χ1) is 11.4. The van der Waals surface area contributed by atoms with E-state index < -0.39 is 5.91 Å². The first kappa shape index (κ1) is 18.0. The molecule has 7 nitrogen and oxygen atoms in total. The van der Waals surface area contributed by atoms with Gasteiger partial charge in [-0.2, -0.15) is 0 Å². The minimum atomic E-state index is -0.436. The molecule has 126 valence electrons. The summed E-state index contributed by atoms with van der Waals surface area (Å²) < 4.78 is 0.702. The van der Waals surface area contributed by atoms with E-state index in [1.807, 2.05) is 0 Å². The van der Waals surface area contributed by atoms with E-state index in [1.165, 1.54) is 30.0 Å². The molecule has 0 saturated carbocycles. The monoisotopic (exact) mass is 364 g/mol. The van der Waals surface area contributed by atoms with Crippen LogP contribution in [0.5, 0.6) is 0 Å². The number of nitrogens with two attached hydrogens (primary N) is 1. The highest BCUT2D eigenvalue weighted by Crippen LogP contribution is 2.23. The van der Waals surface area contributed by atoms with Crippen molar-refractivity contribution >= 4 is 52.2 Å². The zero-order chi connectivity index (χ0) is 17.5. The number of aromatic nitrogens is 1. The fourth-order valence-corrected chi connectivity index (χ4v) is 3.46. The van der Waals surface area contributed by atoms with E-state index in [2.05, 4.69) is 15.6 Å². The van der Waals surface area contributed by atoms with Crippen molar-refractivity contribution in [2.75, 3.05) is 16.4 Å². The number of carbonyl (C=O) groups is 3. The Morgan fingerprint density at radius 2 is 1.96 bits per heavy atom. The second kappa shape index (κ2) is 8.46. The summed E-state index contributed by atoms with van der Waals surface area (Å²) in [4.78, 5) is 38.1. The molecule has 0 aliphatic heterocycles. The van der Waals surface area contributed by atoms with E-state index in [4.69, 9.17) is 5.73 Å². The summed E-state index contributed by atoms with van der Waals surface area (Å²) in [5.74, 6) is -0.613. The molecule has 0 atom stereocenters. The molecular formula is C15H16N4O3S2. The first-order valence-electron chi connectivity index (χ1n) is 6.95. The van der Waals surface area contributed by atoms with Crippen LogP contribution < -0.4 is 16.4 Å². The van der Waals surface area contributed by atoms with Gasteiger partial charge in [0.05, 0.1) is 17.9 Å². The number of hydrogen-bond acceptors (Lipinski definition) is 6. The molecule has 1 heterocycles. The maximum atomic E-state index is 12.0. The highest BCUT2D eigenvalue weighted by atomic mass is 32.2. The fourth-order valence-electron chi connectivity index (χ4n) is 1.82. The molecule has 0 aliphatic carbocycles. The van der Waals surface area contributed by atoms with E-state index in [0.29, 0.717) is 21.4 Å². The average molecular weight is 364 g/mol. The van der Waals surface area contributed by atoms with Gasteiger partial charge in [0.2, 0.25) is 17.7 Å². The molecule has 0 spiro atoms. The molecule has 2 rings (SSSR count). The van der Waals surface area contributed by atoms with E-state index in [9.17, 15) is 14.4 Å². The smallest absolute Gasteiger partial charge is 0.234 e. The lowest BCUT2D eigenvalue weighted by Crippen LogP contribution is -2.14. The third kappa shape index (κ3) is 6.01. The lowest BCUT2D eigenvalue weighted by Gasteiger charge is -2.07. The van der Waals surface area contributed by atoms with Gasteiger partial charge in [0.25, 0.3) is 0 Å². The van der Waals surface area contributed by atoms with Crippen molar-refractivity contribution in [2.45, 2.75) is 17.7 Å². The zero-order valence-corrected chi connectivity index (χ0v) is 14.5. The largest absolute Gasteiger partial charge is 0.369 e. The highest BCUT2D eigenvalue weighted by molar-refractivity contribution is 8.01. The fraction of sp³-hybridized carbons (Fsp3) is 0.200. The minimum absolute atomic E-state index is 0.0964. The number of thioether (sulfide) groups is 1. The lowest BCUT2D eigenvalue weighted by molar-refractivity contribution is -0.117. The van der Waals surface area contributed by atoms with Crippen molar-refractivity contribution in [3.05, 3.63) is 35.3 Å². The molecule has 1 aromatic heterocycles. The van der Waals surface area contributed by atoms with Crippen LogP contribution in [0.2, 0.25) is 0 Å². The molecule has 0 bridgehead atoms. The van der Waals surface area contributed by atoms with Crippen LogP contribution in [0.4, 0.5) is 11.4 Å². The van der Waals surface area contributed by atoms with Crippen LogP contribution in [0, 0.1) is 0 Å². The van der Waals surface area contributed by atoms with E-state index in [1.54, 1.807) is 29.6 Å². The van der Waals surface area contributed by atoms with Crippen LogP contribution in [0.25, 0.3) is 0 Å². The van der Waals surface area contributed by atoms with Gasteiger partial charge in [-0.05, 0) is 18.2 Å². The normalized spacial score (nSPS) is 10.2. The Balaban J connectivity index is 1.86. The summed E-state index contributed by atoms with van der Waals surface area (Å²) in [6.07, 6.45) is 0.0964. The number of nitrogens with zero attached hydrogens (tertiary/aromatic N) is 1. The van der Waals surface area contributed by atoms with Crippen molar-refractivity contribution in [1.29, 1.82) is 0 Å². The predicted octanol–water partition coefficient (Wildman–Crippen LogP) is 1.86. The molecule has 9 heteroatoms. The van der Waals surface area contributed by atoms with Crippen LogP contribution in [0.1, 0.15) is 12.6 Å². The molecule has 0 unspecified atom stereocenters. The number of amides is 3. The molecule has 4 N–H and O–H groups in total. The summed E-state index contributed by atoms with van der Waals surface area (Å²) in [7, 11) is 0. The average Bonchev–Trinajstić information content (AvgIpc) is 2.91. The first-order valence-corrected chi connectivity index (χ1v) is 8.82. The Labute approximate surface area is 147 Å². The summed E-state index contributed by atoms with van der Waals surface area (Å²) in [6.45, 7) is 1.42. The molecular weight excluding hydrogens is 348 g/mol. The Morgan fingerprint density at radius 1 is 1.25 bits per heavy atom. The summed E-state index contributed by atoms with van der Waals surface area (Å²) in [5.41, 5.74) is 6.93. The minimum Gasteiger partial charge on any atom is -0.369 e. The summed E-state index contributed by atoms with van der Waals surface area (Å²) >= 11 is 2.65. The van der Waals surface area contributed by atoms with Crippen LogP contribution in [-0.2, 0) is 20.8 Å². The molecule has 1 aromatic carbocycles. The van der Waals surface area contributed by atoms with Gasteiger partial charge >= 0.3 is 0 Å². The van der Waals surface area contributed by atoms with Crippen LogP contribution in [0.15, 0.2) is 34.0 Å². The SMILES string of the molecule is CC(=O)Nc1cccc(NC(=O)CSc2nc(CC(N)=O)cs2)c1. The Hall–Kier alpha value is -2.39. The summed E-state index contributed by atoms with van der Waals surface area (Å²) in [5, 5.41) is 7.16. The van der Waals surface area contributed by atoms with Gasteiger partial charge in [0, 0.05) is 23.7 Å². The molecule has 0 fully saturated rings. The number of hydrogen-bond donors (Lipinski definition) is 3. The maximum Gasteiger partial charge on any atom is 0.234 e. The van der Waals surface area contributed by atoms with Gasteiger partial charge in [-0.1, -0.05) is 17.8 Å². The zero-order valence-electron chi connectivity index (χ0n) is 12.9. The second-order valence-electron chi connectivity index (χ2n) is 4.85. The Morgan fingerprint density at radius 3 is 2.62 bits per heavy atom. The van der Waals surface area contributed by atoms with Crippen molar-refractivity contribution in [2.24, 2.45) is 5.73 Å². The number of primary amides is 1. The van der Waals surface area contributed by atoms with E-state index in [0.717, 1.165) is 0 Å². The number of carbonyl (C=O) groups excluding carboxylic acids is 3. The Kier molecular flexibility index (Phi) is 6.33. The van der Waals surface area contributed by atoms with Gasteiger partial charge in [0.15, 0.2) is 4.34 Å². The molecule has 0 aliphatic rings. The number of benzene rings is 1. The van der Waals surface area contributed by atoms with Crippen molar-refractivity contribution in [1.82, 2.24) is 4.98 Å².